The first-order chi connectivity index (χ1) is 14.6. The molecule has 0 saturated heterocycles. The molecule has 0 aliphatic carbocycles. The molecule has 0 fully saturated rings. The third-order valence-electron chi connectivity index (χ3n) is 4.59. The molecule has 0 spiro atoms. The summed E-state index contributed by atoms with van der Waals surface area (Å²) in [6.07, 6.45) is 1.81. The first-order valence-electron chi connectivity index (χ1n) is 9.89. The minimum absolute atomic E-state index is 0.0947. The van der Waals surface area contributed by atoms with Crippen molar-refractivity contribution >= 4 is 11.8 Å². The molecule has 1 aromatic heterocycles. The highest BCUT2D eigenvalue weighted by atomic mass is 19.1. The van der Waals surface area contributed by atoms with Crippen LogP contribution in [0, 0.1) is 5.82 Å². The first kappa shape index (κ1) is 21.2. The number of halogens is 1. The SMILES string of the molecule is CCCCN(Cc1cc(C(=O)NCc2ccc(F)cc2)no1)C(=O)c1ccccc1. The van der Waals surface area contributed by atoms with Gasteiger partial charge in [0.1, 0.15) is 5.82 Å². The molecule has 0 aliphatic rings. The number of amides is 2. The summed E-state index contributed by atoms with van der Waals surface area (Å²) < 4.78 is 18.3. The van der Waals surface area contributed by atoms with Crippen molar-refractivity contribution in [3.05, 3.63) is 89.1 Å². The highest BCUT2D eigenvalue weighted by Gasteiger charge is 2.19. The summed E-state index contributed by atoms with van der Waals surface area (Å²) in [6.45, 7) is 3.11. The Hall–Kier alpha value is -3.48. The molecule has 6 nitrogen and oxygen atoms in total. The van der Waals surface area contributed by atoms with Crippen molar-refractivity contribution in [3.63, 3.8) is 0 Å². The quantitative estimate of drug-likeness (QED) is 0.575. The molecule has 156 valence electrons. The highest BCUT2D eigenvalue weighted by Crippen LogP contribution is 2.13. The average molecular weight is 409 g/mol. The zero-order chi connectivity index (χ0) is 21.3. The van der Waals surface area contributed by atoms with E-state index in [0.717, 1.165) is 18.4 Å². The van der Waals surface area contributed by atoms with Crippen molar-refractivity contribution in [1.29, 1.82) is 0 Å². The molecule has 30 heavy (non-hydrogen) atoms. The molecule has 0 unspecified atom stereocenters. The lowest BCUT2D eigenvalue weighted by Gasteiger charge is -2.21. The van der Waals surface area contributed by atoms with Crippen LogP contribution >= 0.6 is 0 Å². The molecule has 2 aromatic carbocycles. The zero-order valence-corrected chi connectivity index (χ0v) is 16.8. The lowest BCUT2D eigenvalue weighted by molar-refractivity contribution is 0.0724. The molecule has 0 atom stereocenters. The van der Waals surface area contributed by atoms with Crippen molar-refractivity contribution < 1.29 is 18.5 Å². The average Bonchev–Trinajstić information content (AvgIpc) is 3.25. The fourth-order valence-corrected chi connectivity index (χ4v) is 2.92. The fraction of sp³-hybridized carbons (Fsp3) is 0.261. The van der Waals surface area contributed by atoms with Crippen LogP contribution in [0.3, 0.4) is 0 Å². The summed E-state index contributed by atoms with van der Waals surface area (Å²) in [7, 11) is 0. The Morgan fingerprint density at radius 1 is 1.10 bits per heavy atom. The second-order valence-corrected chi connectivity index (χ2v) is 6.93. The van der Waals surface area contributed by atoms with Crippen molar-refractivity contribution in [2.75, 3.05) is 6.54 Å². The molecule has 1 N–H and O–H groups in total. The summed E-state index contributed by atoms with van der Waals surface area (Å²) in [5, 5.41) is 6.54. The minimum Gasteiger partial charge on any atom is -0.359 e. The molecule has 3 aromatic rings. The number of benzene rings is 2. The van der Waals surface area contributed by atoms with Gasteiger partial charge in [-0.05, 0) is 36.2 Å². The van der Waals surface area contributed by atoms with Crippen LogP contribution in [0.4, 0.5) is 4.39 Å². The molecule has 0 saturated carbocycles. The number of nitrogens with zero attached hydrogens (tertiary/aromatic N) is 2. The fourth-order valence-electron chi connectivity index (χ4n) is 2.92. The summed E-state index contributed by atoms with van der Waals surface area (Å²) in [5.74, 6) is -0.391. The standard InChI is InChI=1S/C23H24FN3O3/c1-2-3-13-27(23(29)18-7-5-4-6-8-18)16-20-14-21(26-30-20)22(28)25-15-17-9-11-19(24)12-10-17/h4-12,14H,2-3,13,15-16H2,1H3,(H,25,28). The van der Waals surface area contributed by atoms with Gasteiger partial charge in [-0.1, -0.05) is 48.8 Å². The number of rotatable bonds is 9. The van der Waals surface area contributed by atoms with Crippen LogP contribution in [0.2, 0.25) is 0 Å². The van der Waals surface area contributed by atoms with E-state index in [1.807, 2.05) is 18.2 Å². The topological polar surface area (TPSA) is 75.4 Å². The Balaban J connectivity index is 1.63. The van der Waals surface area contributed by atoms with Gasteiger partial charge in [0.25, 0.3) is 11.8 Å². The van der Waals surface area contributed by atoms with Crippen LogP contribution in [-0.2, 0) is 13.1 Å². The molecule has 0 radical (unpaired) electrons. The maximum absolute atomic E-state index is 13.0. The van der Waals surface area contributed by atoms with Gasteiger partial charge in [0.05, 0.1) is 6.54 Å². The first-order valence-corrected chi connectivity index (χ1v) is 9.89. The van der Waals surface area contributed by atoms with Crippen LogP contribution in [0.1, 0.15) is 51.9 Å². The van der Waals surface area contributed by atoms with Crippen LogP contribution in [0.25, 0.3) is 0 Å². The number of hydrogen-bond donors (Lipinski definition) is 1. The number of unbranched alkanes of at least 4 members (excludes halogenated alkanes) is 1. The van der Waals surface area contributed by atoms with E-state index in [1.54, 1.807) is 29.2 Å². The third kappa shape index (κ3) is 5.76. The Morgan fingerprint density at radius 3 is 2.53 bits per heavy atom. The van der Waals surface area contributed by atoms with Crippen LogP contribution in [0.5, 0.6) is 0 Å². The van der Waals surface area contributed by atoms with Gasteiger partial charge >= 0.3 is 0 Å². The Kier molecular flexibility index (Phi) is 7.32. The van der Waals surface area contributed by atoms with Crippen LogP contribution in [-0.4, -0.2) is 28.4 Å². The number of carbonyl (C=O) groups excluding carboxylic acids is 2. The molecule has 1 heterocycles. The zero-order valence-electron chi connectivity index (χ0n) is 16.8. The predicted molar refractivity (Wildman–Crippen MR) is 110 cm³/mol. The second-order valence-electron chi connectivity index (χ2n) is 6.93. The van der Waals surface area contributed by atoms with E-state index in [9.17, 15) is 14.0 Å². The van der Waals surface area contributed by atoms with E-state index in [2.05, 4.69) is 17.4 Å². The van der Waals surface area contributed by atoms with Gasteiger partial charge in [-0.3, -0.25) is 9.59 Å². The maximum Gasteiger partial charge on any atom is 0.273 e. The number of carbonyl (C=O) groups is 2. The minimum atomic E-state index is -0.399. The van der Waals surface area contributed by atoms with Crippen LogP contribution in [0.15, 0.2) is 65.2 Å². The van der Waals surface area contributed by atoms with Crippen molar-refractivity contribution in [3.8, 4) is 0 Å². The summed E-state index contributed by atoms with van der Waals surface area (Å²) in [5.41, 5.74) is 1.51. The van der Waals surface area contributed by atoms with Gasteiger partial charge in [-0.15, -0.1) is 0 Å². The summed E-state index contributed by atoms with van der Waals surface area (Å²) in [4.78, 5) is 26.9. The Bertz CT molecular complexity index is 971. The van der Waals surface area contributed by atoms with Crippen LogP contribution < -0.4 is 5.32 Å². The molecule has 0 bridgehead atoms. The van der Waals surface area contributed by atoms with Gasteiger partial charge < -0.3 is 14.7 Å². The van der Waals surface area contributed by atoms with E-state index in [4.69, 9.17) is 4.52 Å². The van der Waals surface area contributed by atoms with Gasteiger partial charge in [-0.25, -0.2) is 4.39 Å². The van der Waals surface area contributed by atoms with E-state index in [-0.39, 0.29) is 30.5 Å². The third-order valence-corrected chi connectivity index (χ3v) is 4.59. The van der Waals surface area contributed by atoms with Crippen molar-refractivity contribution in [2.45, 2.75) is 32.9 Å². The van der Waals surface area contributed by atoms with E-state index in [0.29, 0.717) is 17.9 Å². The summed E-state index contributed by atoms with van der Waals surface area (Å²) >= 11 is 0. The Morgan fingerprint density at radius 2 is 1.83 bits per heavy atom. The largest absolute Gasteiger partial charge is 0.359 e. The van der Waals surface area contributed by atoms with Gasteiger partial charge in [0.15, 0.2) is 11.5 Å². The van der Waals surface area contributed by atoms with E-state index >= 15 is 0 Å². The molecular formula is C23H24FN3O3. The number of hydrogen-bond acceptors (Lipinski definition) is 4. The highest BCUT2D eigenvalue weighted by molar-refractivity contribution is 5.94. The molecular weight excluding hydrogens is 385 g/mol. The lowest BCUT2D eigenvalue weighted by atomic mass is 10.2. The van der Waals surface area contributed by atoms with Gasteiger partial charge in [-0.2, -0.15) is 0 Å². The Labute approximate surface area is 174 Å². The maximum atomic E-state index is 13.0. The molecule has 7 heteroatoms. The normalized spacial score (nSPS) is 10.6. The number of nitrogens with one attached hydrogen (secondary N) is 1. The molecule has 3 rings (SSSR count). The monoisotopic (exact) mass is 409 g/mol. The van der Waals surface area contributed by atoms with Crippen molar-refractivity contribution in [1.82, 2.24) is 15.4 Å². The van der Waals surface area contributed by atoms with E-state index < -0.39 is 5.91 Å². The van der Waals surface area contributed by atoms with E-state index in [1.165, 1.54) is 18.2 Å². The summed E-state index contributed by atoms with van der Waals surface area (Å²) in [6, 6.07) is 16.5. The second kappa shape index (κ2) is 10.3. The van der Waals surface area contributed by atoms with Gasteiger partial charge in [0.2, 0.25) is 0 Å². The molecule has 0 aliphatic heterocycles. The smallest absolute Gasteiger partial charge is 0.273 e. The predicted octanol–water partition coefficient (Wildman–Crippen LogP) is 4.19. The number of aromatic nitrogens is 1. The molecule has 2 amide bonds. The lowest BCUT2D eigenvalue weighted by Crippen LogP contribution is -2.31. The van der Waals surface area contributed by atoms with Crippen molar-refractivity contribution in [2.24, 2.45) is 0 Å². The van der Waals surface area contributed by atoms with Gasteiger partial charge in [0, 0.05) is 24.7 Å².